The standard InChI is InChI=1S/C8H20N2O3S/c1-8(7-11)6-9-4-3-5-10-14(2,12)13/h8-11H,3-7H2,1-2H3. The van der Waals surface area contributed by atoms with E-state index in [4.69, 9.17) is 5.11 Å². The maximum atomic E-state index is 10.7. The minimum Gasteiger partial charge on any atom is -0.396 e. The van der Waals surface area contributed by atoms with E-state index < -0.39 is 10.0 Å². The molecule has 0 saturated carbocycles. The second-order valence-electron chi connectivity index (χ2n) is 3.51. The van der Waals surface area contributed by atoms with Gasteiger partial charge in [0.05, 0.1) is 6.26 Å². The molecule has 86 valence electrons. The van der Waals surface area contributed by atoms with Crippen LogP contribution in [0.2, 0.25) is 0 Å². The van der Waals surface area contributed by atoms with Gasteiger partial charge in [-0.1, -0.05) is 6.92 Å². The summed E-state index contributed by atoms with van der Waals surface area (Å²) in [5, 5.41) is 11.8. The van der Waals surface area contributed by atoms with Crippen molar-refractivity contribution in [1.82, 2.24) is 10.0 Å². The minimum absolute atomic E-state index is 0.175. The predicted molar refractivity (Wildman–Crippen MR) is 56.6 cm³/mol. The van der Waals surface area contributed by atoms with Crippen LogP contribution in [0.25, 0.3) is 0 Å². The Morgan fingerprint density at radius 3 is 2.50 bits per heavy atom. The Bertz CT molecular complexity index is 229. The van der Waals surface area contributed by atoms with E-state index in [2.05, 4.69) is 10.0 Å². The zero-order chi connectivity index (χ0) is 11.0. The fraction of sp³-hybridized carbons (Fsp3) is 1.00. The minimum atomic E-state index is -3.05. The highest BCUT2D eigenvalue weighted by molar-refractivity contribution is 7.88. The number of sulfonamides is 1. The molecular weight excluding hydrogens is 204 g/mol. The first-order valence-electron chi connectivity index (χ1n) is 4.72. The highest BCUT2D eigenvalue weighted by Gasteiger charge is 2.00. The van der Waals surface area contributed by atoms with Gasteiger partial charge in [-0.25, -0.2) is 13.1 Å². The summed E-state index contributed by atoms with van der Waals surface area (Å²) >= 11 is 0. The smallest absolute Gasteiger partial charge is 0.208 e. The second-order valence-corrected chi connectivity index (χ2v) is 5.34. The molecule has 0 saturated heterocycles. The molecule has 1 unspecified atom stereocenters. The highest BCUT2D eigenvalue weighted by Crippen LogP contribution is 1.88. The van der Waals surface area contributed by atoms with Crippen LogP contribution < -0.4 is 10.0 Å². The summed E-state index contributed by atoms with van der Waals surface area (Å²) in [5.41, 5.74) is 0. The van der Waals surface area contributed by atoms with Gasteiger partial charge in [0.1, 0.15) is 0 Å². The van der Waals surface area contributed by atoms with Crippen molar-refractivity contribution in [3.63, 3.8) is 0 Å². The Kier molecular flexibility index (Phi) is 7.08. The third-order valence-electron chi connectivity index (χ3n) is 1.70. The topological polar surface area (TPSA) is 78.4 Å². The summed E-state index contributed by atoms with van der Waals surface area (Å²) in [6.45, 7) is 4.10. The highest BCUT2D eigenvalue weighted by atomic mass is 32.2. The molecule has 5 nitrogen and oxygen atoms in total. The van der Waals surface area contributed by atoms with Gasteiger partial charge in [-0.15, -0.1) is 0 Å². The molecule has 0 aliphatic carbocycles. The third kappa shape index (κ3) is 9.91. The van der Waals surface area contributed by atoms with Gasteiger partial charge in [0.2, 0.25) is 10.0 Å². The summed E-state index contributed by atoms with van der Waals surface area (Å²) in [5.74, 6) is 0.248. The van der Waals surface area contributed by atoms with Crippen LogP contribution in [0, 0.1) is 5.92 Å². The molecule has 0 spiro atoms. The van der Waals surface area contributed by atoms with E-state index in [1.165, 1.54) is 0 Å². The molecule has 0 heterocycles. The van der Waals surface area contributed by atoms with Gasteiger partial charge < -0.3 is 10.4 Å². The molecule has 0 fully saturated rings. The van der Waals surface area contributed by atoms with Crippen molar-refractivity contribution >= 4 is 10.0 Å². The Hall–Kier alpha value is -0.170. The van der Waals surface area contributed by atoms with Gasteiger partial charge in [0.25, 0.3) is 0 Å². The van der Waals surface area contributed by atoms with E-state index in [0.29, 0.717) is 6.54 Å². The van der Waals surface area contributed by atoms with E-state index in [0.717, 1.165) is 25.8 Å². The molecule has 6 heteroatoms. The van der Waals surface area contributed by atoms with E-state index >= 15 is 0 Å². The lowest BCUT2D eigenvalue weighted by atomic mass is 10.2. The molecule has 0 aromatic heterocycles. The molecule has 0 aliphatic heterocycles. The summed E-state index contributed by atoms with van der Waals surface area (Å²) in [7, 11) is -3.05. The fourth-order valence-corrected chi connectivity index (χ4v) is 1.40. The molecule has 0 radical (unpaired) electrons. The zero-order valence-electron chi connectivity index (χ0n) is 8.78. The monoisotopic (exact) mass is 224 g/mol. The van der Waals surface area contributed by atoms with Crippen molar-refractivity contribution in [2.75, 3.05) is 32.5 Å². The zero-order valence-corrected chi connectivity index (χ0v) is 9.60. The van der Waals surface area contributed by atoms with Crippen molar-refractivity contribution in [2.24, 2.45) is 5.92 Å². The number of nitrogens with one attached hydrogen (secondary N) is 2. The maximum Gasteiger partial charge on any atom is 0.208 e. The van der Waals surface area contributed by atoms with Crippen LogP contribution >= 0.6 is 0 Å². The molecule has 0 rings (SSSR count). The van der Waals surface area contributed by atoms with Crippen LogP contribution in [0.3, 0.4) is 0 Å². The van der Waals surface area contributed by atoms with Gasteiger partial charge >= 0.3 is 0 Å². The summed E-state index contributed by atoms with van der Waals surface area (Å²) < 4.78 is 23.7. The Balaban J connectivity index is 3.23. The first kappa shape index (κ1) is 13.8. The largest absolute Gasteiger partial charge is 0.396 e. The van der Waals surface area contributed by atoms with Crippen molar-refractivity contribution in [3.8, 4) is 0 Å². The van der Waals surface area contributed by atoms with Gasteiger partial charge in [-0.2, -0.15) is 0 Å². The Morgan fingerprint density at radius 2 is 2.00 bits per heavy atom. The maximum absolute atomic E-state index is 10.7. The Morgan fingerprint density at radius 1 is 1.36 bits per heavy atom. The lowest BCUT2D eigenvalue weighted by Gasteiger charge is -2.09. The molecular formula is C8H20N2O3S. The van der Waals surface area contributed by atoms with Gasteiger partial charge in [-0.05, 0) is 25.4 Å². The van der Waals surface area contributed by atoms with Crippen molar-refractivity contribution in [2.45, 2.75) is 13.3 Å². The van der Waals surface area contributed by atoms with E-state index in [9.17, 15) is 8.42 Å². The van der Waals surface area contributed by atoms with E-state index in [1.807, 2.05) is 6.92 Å². The number of aliphatic hydroxyl groups is 1. The summed E-state index contributed by atoms with van der Waals surface area (Å²) in [6.07, 6.45) is 1.90. The SMILES string of the molecule is CC(CO)CNCCCNS(C)(=O)=O. The number of hydrogen-bond donors (Lipinski definition) is 3. The average Bonchev–Trinajstić information content (AvgIpc) is 2.08. The summed E-state index contributed by atoms with van der Waals surface area (Å²) in [4.78, 5) is 0. The lowest BCUT2D eigenvalue weighted by molar-refractivity contribution is 0.234. The molecule has 3 N–H and O–H groups in total. The first-order chi connectivity index (χ1) is 6.45. The quantitative estimate of drug-likeness (QED) is 0.469. The van der Waals surface area contributed by atoms with Crippen LogP contribution in [-0.4, -0.2) is 46.0 Å². The van der Waals surface area contributed by atoms with Crippen LogP contribution in [0.15, 0.2) is 0 Å². The van der Waals surface area contributed by atoms with Gasteiger partial charge in [0, 0.05) is 13.2 Å². The molecule has 0 aromatic carbocycles. The second kappa shape index (κ2) is 7.17. The number of aliphatic hydroxyl groups excluding tert-OH is 1. The molecule has 0 aromatic rings. The van der Waals surface area contributed by atoms with E-state index in [-0.39, 0.29) is 12.5 Å². The first-order valence-corrected chi connectivity index (χ1v) is 6.61. The van der Waals surface area contributed by atoms with Crippen molar-refractivity contribution in [3.05, 3.63) is 0 Å². The lowest BCUT2D eigenvalue weighted by Crippen LogP contribution is -2.28. The van der Waals surface area contributed by atoms with Crippen LogP contribution in [-0.2, 0) is 10.0 Å². The van der Waals surface area contributed by atoms with Crippen LogP contribution in [0.5, 0.6) is 0 Å². The molecule has 0 amide bonds. The summed E-state index contributed by atoms with van der Waals surface area (Å²) in [6, 6.07) is 0. The van der Waals surface area contributed by atoms with Crippen molar-refractivity contribution in [1.29, 1.82) is 0 Å². The number of rotatable bonds is 8. The predicted octanol–water partition coefficient (Wildman–Crippen LogP) is -0.856. The van der Waals surface area contributed by atoms with Crippen LogP contribution in [0.1, 0.15) is 13.3 Å². The van der Waals surface area contributed by atoms with Crippen LogP contribution in [0.4, 0.5) is 0 Å². The number of hydrogen-bond acceptors (Lipinski definition) is 4. The van der Waals surface area contributed by atoms with Gasteiger partial charge in [-0.3, -0.25) is 0 Å². The Labute approximate surface area is 85.9 Å². The van der Waals surface area contributed by atoms with Crippen molar-refractivity contribution < 1.29 is 13.5 Å². The normalized spacial score (nSPS) is 14.2. The average molecular weight is 224 g/mol. The van der Waals surface area contributed by atoms with E-state index in [1.54, 1.807) is 0 Å². The molecule has 1 atom stereocenters. The van der Waals surface area contributed by atoms with Gasteiger partial charge in [0.15, 0.2) is 0 Å². The third-order valence-corrected chi connectivity index (χ3v) is 2.43. The molecule has 0 aliphatic rings. The molecule has 14 heavy (non-hydrogen) atoms. The fourth-order valence-electron chi connectivity index (χ4n) is 0.884. The molecule has 0 bridgehead atoms.